The van der Waals surface area contributed by atoms with Crippen molar-refractivity contribution in [1.29, 1.82) is 0 Å². The van der Waals surface area contributed by atoms with E-state index in [4.69, 9.17) is 0 Å². The fourth-order valence-electron chi connectivity index (χ4n) is 0. The van der Waals surface area contributed by atoms with Crippen molar-refractivity contribution >= 4 is 8.41 Å². The third-order valence-corrected chi connectivity index (χ3v) is 0.866. The van der Waals surface area contributed by atoms with Crippen LogP contribution in [0.2, 0.25) is 0 Å². The maximum atomic E-state index is 2.19. The second-order valence-corrected chi connectivity index (χ2v) is 2.65. The first-order chi connectivity index (χ1) is 2.56. The number of hydrogen-bond donors (Lipinski definition) is 0. The summed E-state index contributed by atoms with van der Waals surface area (Å²) in [6, 6.07) is 0. The van der Waals surface area contributed by atoms with Crippen molar-refractivity contribution in [2.45, 2.75) is 35.1 Å². The monoisotopic (exact) mass is 201 g/mol. The van der Waals surface area contributed by atoms with Crippen molar-refractivity contribution in [3.8, 4) is 0 Å². The Bertz CT molecular complexity index is 38.7. The van der Waals surface area contributed by atoms with Crippen molar-refractivity contribution in [1.82, 2.24) is 0 Å². The van der Waals surface area contributed by atoms with Crippen LogP contribution in [0.5, 0.6) is 0 Å². The molecule has 0 saturated carbocycles. The van der Waals surface area contributed by atoms with Crippen LogP contribution < -0.4 is 0 Å². The van der Waals surface area contributed by atoms with Crippen LogP contribution in [-0.2, 0) is 32.7 Å². The number of rotatable bonds is 0. The normalized spacial score (nSPS) is 8.00. The van der Waals surface area contributed by atoms with Gasteiger partial charge in [0.25, 0.3) is 0 Å². The molecule has 0 aromatic carbocycles. The molecule has 0 spiro atoms. The molecule has 0 nitrogen and oxygen atoms in total. The summed E-state index contributed by atoms with van der Waals surface area (Å²) in [4.78, 5) is 0. The van der Waals surface area contributed by atoms with Crippen LogP contribution in [0.15, 0.2) is 0 Å². The van der Waals surface area contributed by atoms with Crippen molar-refractivity contribution in [2.75, 3.05) is 0 Å². The molecule has 2 heteroatoms. The van der Waals surface area contributed by atoms with E-state index in [9.17, 15) is 0 Å². The predicted molar refractivity (Wildman–Crippen MR) is 41.9 cm³/mol. The zero-order valence-corrected chi connectivity index (χ0v) is 9.07. The average Bonchev–Trinajstić information content (AvgIpc) is 1.35. The zero-order valence-electron chi connectivity index (χ0n) is 6.23. The zero-order chi connectivity index (χ0) is 5.21. The standard InChI is InChI=1S/C6H13.CH4.B.Y/c1-5-6(2,3)4;;;/h5H,1-4H3;1H4;;/q-1;;;. The van der Waals surface area contributed by atoms with Crippen LogP contribution in [0.25, 0.3) is 0 Å². The molecule has 0 atom stereocenters. The Morgan fingerprint density at radius 1 is 1.11 bits per heavy atom. The summed E-state index contributed by atoms with van der Waals surface area (Å²) in [7, 11) is 0. The third kappa shape index (κ3) is 27.1. The van der Waals surface area contributed by atoms with Gasteiger partial charge in [0.15, 0.2) is 0 Å². The Balaban J connectivity index is -0.0000000417. The first-order valence-electron chi connectivity index (χ1n) is 2.37. The van der Waals surface area contributed by atoms with E-state index in [1.807, 2.05) is 0 Å². The van der Waals surface area contributed by atoms with Gasteiger partial charge in [-0.1, -0.05) is 28.2 Å². The number of hydrogen-bond acceptors (Lipinski definition) is 0. The van der Waals surface area contributed by atoms with E-state index >= 15 is 0 Å². The quantitative estimate of drug-likeness (QED) is 0.417. The summed E-state index contributed by atoms with van der Waals surface area (Å²) in [5.41, 5.74) is 0.417. The Hall–Kier alpha value is 1.17. The third-order valence-electron chi connectivity index (χ3n) is 0.866. The van der Waals surface area contributed by atoms with E-state index in [1.54, 1.807) is 0 Å². The molecule has 0 N–H and O–H groups in total. The Kier molecular flexibility index (Phi) is 22.9. The molecule has 0 amide bonds. The van der Waals surface area contributed by atoms with Gasteiger partial charge >= 0.3 is 0 Å². The average molecular weight is 201 g/mol. The summed E-state index contributed by atoms with van der Waals surface area (Å²) >= 11 is 0. The second kappa shape index (κ2) is 9.17. The Morgan fingerprint density at radius 2 is 1.22 bits per heavy atom. The SMILES string of the molecule is C.C[CH-]C(C)(C)C.[B].[Y]. The van der Waals surface area contributed by atoms with Crippen LogP contribution in [0.1, 0.15) is 35.1 Å². The molecule has 0 unspecified atom stereocenters. The topological polar surface area (TPSA) is 0 Å². The fourth-order valence-corrected chi connectivity index (χ4v) is 0. The maximum Gasteiger partial charge on any atom is 0 e. The van der Waals surface area contributed by atoms with Crippen molar-refractivity contribution in [3.63, 3.8) is 0 Å². The molecule has 52 valence electrons. The van der Waals surface area contributed by atoms with Crippen LogP contribution in [0.3, 0.4) is 0 Å². The van der Waals surface area contributed by atoms with Crippen LogP contribution in [0, 0.1) is 11.8 Å². The summed E-state index contributed by atoms with van der Waals surface area (Å²) in [6.07, 6.45) is 2.19. The molecule has 0 heterocycles. The van der Waals surface area contributed by atoms with Gasteiger partial charge in [0.1, 0.15) is 0 Å². The summed E-state index contributed by atoms with van der Waals surface area (Å²) in [5.74, 6) is 0. The van der Waals surface area contributed by atoms with Gasteiger partial charge in [-0.3, -0.25) is 0 Å². The van der Waals surface area contributed by atoms with E-state index in [0.717, 1.165) is 0 Å². The first kappa shape index (κ1) is 22.5. The molecule has 0 aromatic rings. The molecule has 0 bridgehead atoms. The predicted octanol–water partition coefficient (Wildman–Crippen LogP) is 2.51. The molecule has 0 aliphatic rings. The van der Waals surface area contributed by atoms with Gasteiger partial charge in [-0.15, -0.1) is 0 Å². The smallest absolute Gasteiger partial charge is 0 e. The Labute approximate surface area is 87.6 Å². The summed E-state index contributed by atoms with van der Waals surface area (Å²) in [5, 5.41) is 0. The van der Waals surface area contributed by atoms with E-state index < -0.39 is 0 Å². The molecule has 9 heavy (non-hydrogen) atoms. The molecule has 0 aliphatic heterocycles. The van der Waals surface area contributed by atoms with E-state index in [2.05, 4.69) is 34.1 Å². The van der Waals surface area contributed by atoms with Crippen molar-refractivity contribution < 1.29 is 32.7 Å². The summed E-state index contributed by atoms with van der Waals surface area (Å²) < 4.78 is 0. The van der Waals surface area contributed by atoms with Crippen LogP contribution >= 0.6 is 0 Å². The van der Waals surface area contributed by atoms with Gasteiger partial charge in [0.2, 0.25) is 0 Å². The molecule has 0 saturated heterocycles. The molecular formula is C7H17BY-. The van der Waals surface area contributed by atoms with Gasteiger partial charge in [-0.25, -0.2) is 0 Å². The minimum atomic E-state index is 0. The van der Waals surface area contributed by atoms with Crippen molar-refractivity contribution in [2.24, 2.45) is 5.41 Å². The molecule has 0 fully saturated rings. The fraction of sp³-hybridized carbons (Fsp3) is 0.857. The largest absolute Gasteiger partial charge is 0.326 e. The Morgan fingerprint density at radius 3 is 1.22 bits per heavy atom. The molecule has 0 aliphatic carbocycles. The molecule has 0 aromatic heterocycles. The minimum absolute atomic E-state index is 0. The minimum Gasteiger partial charge on any atom is -0.326 e. The van der Waals surface area contributed by atoms with E-state index in [1.165, 1.54) is 0 Å². The van der Waals surface area contributed by atoms with Gasteiger partial charge in [-0.05, 0) is 0 Å². The van der Waals surface area contributed by atoms with Gasteiger partial charge in [0, 0.05) is 41.1 Å². The first-order valence-corrected chi connectivity index (χ1v) is 2.37. The van der Waals surface area contributed by atoms with Crippen LogP contribution in [-0.4, -0.2) is 8.41 Å². The van der Waals surface area contributed by atoms with Gasteiger partial charge in [-0.2, -0.15) is 12.3 Å². The van der Waals surface area contributed by atoms with E-state index in [0.29, 0.717) is 5.41 Å². The van der Waals surface area contributed by atoms with Gasteiger partial charge < -0.3 is 6.42 Å². The summed E-state index contributed by atoms with van der Waals surface area (Å²) in [6.45, 7) is 8.65. The van der Waals surface area contributed by atoms with E-state index in [-0.39, 0.29) is 48.5 Å². The molecular weight excluding hydrogens is 184 g/mol. The maximum absolute atomic E-state index is 2.19. The molecule has 4 radical (unpaired) electrons. The van der Waals surface area contributed by atoms with Crippen molar-refractivity contribution in [3.05, 3.63) is 6.42 Å². The second-order valence-electron chi connectivity index (χ2n) is 2.65. The van der Waals surface area contributed by atoms with Gasteiger partial charge in [0.05, 0.1) is 0 Å². The molecule has 0 rings (SSSR count). The van der Waals surface area contributed by atoms with Crippen LogP contribution in [0.4, 0.5) is 0 Å².